The zero-order valence-electron chi connectivity index (χ0n) is 9.48. The Labute approximate surface area is 103 Å². The Bertz CT molecular complexity index is 656. The summed E-state index contributed by atoms with van der Waals surface area (Å²) in [6, 6.07) is 7.87. The van der Waals surface area contributed by atoms with Crippen LogP contribution in [0, 0.1) is 0 Å². The first-order valence-corrected chi connectivity index (χ1v) is 5.44. The number of nitrogens with zero attached hydrogens (tertiary/aromatic N) is 4. The van der Waals surface area contributed by atoms with Crippen molar-refractivity contribution in [2.45, 2.75) is 6.54 Å². The Balaban J connectivity index is 2.25. The number of hydrogen-bond acceptors (Lipinski definition) is 4. The summed E-state index contributed by atoms with van der Waals surface area (Å²) in [5.41, 5.74) is 8.88. The molecular formula is C12H11N5O. The molecule has 3 N–H and O–H groups in total. The summed E-state index contributed by atoms with van der Waals surface area (Å²) in [5, 5.41) is 11.7. The van der Waals surface area contributed by atoms with Crippen LogP contribution in [0.2, 0.25) is 0 Å². The van der Waals surface area contributed by atoms with Crippen LogP contribution in [0.25, 0.3) is 5.69 Å². The molecule has 0 amide bonds. The fraction of sp³-hybridized carbons (Fsp3) is 0.0833. The van der Waals surface area contributed by atoms with Gasteiger partial charge < -0.3 is 10.9 Å². The molecule has 0 radical (unpaired) electrons. The lowest BCUT2D eigenvalue weighted by atomic mass is 10.2. The number of benzene rings is 1. The number of amidine groups is 1. The van der Waals surface area contributed by atoms with E-state index in [1.807, 2.05) is 35.0 Å². The van der Waals surface area contributed by atoms with Crippen LogP contribution < -0.4 is 5.73 Å². The summed E-state index contributed by atoms with van der Waals surface area (Å²) >= 11 is 0. The van der Waals surface area contributed by atoms with Crippen molar-refractivity contribution in [1.29, 1.82) is 0 Å². The van der Waals surface area contributed by atoms with Gasteiger partial charge in [-0.25, -0.2) is 4.98 Å². The minimum Gasteiger partial charge on any atom is -0.409 e. The van der Waals surface area contributed by atoms with E-state index in [0.717, 1.165) is 16.9 Å². The van der Waals surface area contributed by atoms with Gasteiger partial charge in [-0.2, -0.15) is 0 Å². The number of hydrogen-bond donors (Lipinski definition) is 2. The normalized spacial score (nSPS) is 13.9. The first-order chi connectivity index (χ1) is 8.81. The molecule has 0 spiro atoms. The standard InChI is InChI=1S/C12H11N5O/c13-12(16-18)11-10-6-14-5-8-3-1-2-4-9(8)17(10)7-15-11/h1-5,7,18H,6H2,(H2,13,16). The molecule has 3 rings (SSSR count). The van der Waals surface area contributed by atoms with Crippen LogP contribution in [0.5, 0.6) is 0 Å². The molecule has 90 valence electrons. The van der Waals surface area contributed by atoms with Crippen molar-refractivity contribution < 1.29 is 5.21 Å². The molecule has 0 atom stereocenters. The van der Waals surface area contributed by atoms with E-state index in [4.69, 9.17) is 10.9 Å². The van der Waals surface area contributed by atoms with Gasteiger partial charge in [0.25, 0.3) is 0 Å². The molecule has 6 nitrogen and oxygen atoms in total. The lowest BCUT2D eigenvalue weighted by Gasteiger charge is -2.07. The second kappa shape index (κ2) is 3.99. The van der Waals surface area contributed by atoms with Crippen molar-refractivity contribution in [3.63, 3.8) is 0 Å². The molecule has 18 heavy (non-hydrogen) atoms. The number of oxime groups is 1. The molecule has 6 heteroatoms. The predicted molar refractivity (Wildman–Crippen MR) is 67.4 cm³/mol. The maximum Gasteiger partial charge on any atom is 0.190 e. The highest BCUT2D eigenvalue weighted by Crippen LogP contribution is 2.21. The van der Waals surface area contributed by atoms with Crippen molar-refractivity contribution >= 4 is 12.1 Å². The van der Waals surface area contributed by atoms with Crippen molar-refractivity contribution in [2.24, 2.45) is 15.9 Å². The molecule has 0 saturated carbocycles. The number of aliphatic imine (C=N–C) groups is 1. The van der Waals surface area contributed by atoms with E-state index in [1.165, 1.54) is 0 Å². The molecule has 0 saturated heterocycles. The van der Waals surface area contributed by atoms with Crippen molar-refractivity contribution in [1.82, 2.24) is 9.55 Å². The minimum absolute atomic E-state index is 0.00155. The van der Waals surface area contributed by atoms with Gasteiger partial charge in [0.15, 0.2) is 5.84 Å². The molecule has 0 bridgehead atoms. The number of imidazole rings is 1. The molecule has 1 aromatic carbocycles. The first-order valence-electron chi connectivity index (χ1n) is 5.44. The third-order valence-electron chi connectivity index (χ3n) is 2.88. The van der Waals surface area contributed by atoms with Gasteiger partial charge in [0.1, 0.15) is 12.0 Å². The molecule has 0 aliphatic carbocycles. The number of rotatable bonds is 1. The van der Waals surface area contributed by atoms with Gasteiger partial charge in [-0.3, -0.25) is 9.56 Å². The van der Waals surface area contributed by atoms with Gasteiger partial charge in [0.2, 0.25) is 0 Å². The summed E-state index contributed by atoms with van der Waals surface area (Å²) in [5.74, 6) is -0.00155. The maximum absolute atomic E-state index is 8.75. The lowest BCUT2D eigenvalue weighted by Crippen LogP contribution is -2.16. The lowest BCUT2D eigenvalue weighted by molar-refractivity contribution is 0.318. The predicted octanol–water partition coefficient (Wildman–Crippen LogP) is 0.899. The Kier molecular flexibility index (Phi) is 2.33. The molecule has 0 unspecified atom stereocenters. The van der Waals surface area contributed by atoms with Crippen LogP contribution in [0.4, 0.5) is 0 Å². The van der Waals surface area contributed by atoms with Crippen molar-refractivity contribution in [2.75, 3.05) is 0 Å². The van der Waals surface area contributed by atoms with Crippen LogP contribution in [-0.2, 0) is 6.54 Å². The molecular weight excluding hydrogens is 230 g/mol. The monoisotopic (exact) mass is 241 g/mol. The van der Waals surface area contributed by atoms with Gasteiger partial charge in [0.05, 0.1) is 17.9 Å². The summed E-state index contributed by atoms with van der Waals surface area (Å²) in [6.45, 7) is 0.445. The minimum atomic E-state index is -0.00155. The SMILES string of the molecule is NC(=NO)c1ncn2c1CN=Cc1ccccc1-2. The van der Waals surface area contributed by atoms with Gasteiger partial charge in [-0.1, -0.05) is 23.4 Å². The second-order valence-electron chi connectivity index (χ2n) is 3.92. The smallest absolute Gasteiger partial charge is 0.190 e. The van der Waals surface area contributed by atoms with Crippen LogP contribution in [0.3, 0.4) is 0 Å². The third kappa shape index (κ3) is 1.46. The molecule has 2 heterocycles. The van der Waals surface area contributed by atoms with E-state index < -0.39 is 0 Å². The van der Waals surface area contributed by atoms with Crippen LogP contribution >= 0.6 is 0 Å². The number of nitrogens with two attached hydrogens (primary N) is 1. The Hall–Kier alpha value is -2.63. The molecule has 1 aliphatic heterocycles. The molecule has 0 fully saturated rings. The van der Waals surface area contributed by atoms with E-state index in [9.17, 15) is 0 Å². The summed E-state index contributed by atoms with van der Waals surface area (Å²) in [4.78, 5) is 8.51. The summed E-state index contributed by atoms with van der Waals surface area (Å²) < 4.78 is 1.91. The zero-order valence-corrected chi connectivity index (χ0v) is 9.48. The Morgan fingerprint density at radius 3 is 3.06 bits per heavy atom. The van der Waals surface area contributed by atoms with Crippen LogP contribution in [0.15, 0.2) is 40.7 Å². The highest BCUT2D eigenvalue weighted by atomic mass is 16.4. The average Bonchev–Trinajstić information content (AvgIpc) is 2.74. The van der Waals surface area contributed by atoms with E-state index in [2.05, 4.69) is 15.1 Å². The zero-order chi connectivity index (χ0) is 12.5. The second-order valence-corrected chi connectivity index (χ2v) is 3.92. The molecule has 1 aromatic heterocycles. The summed E-state index contributed by atoms with van der Waals surface area (Å²) in [6.07, 6.45) is 3.48. The first kappa shape index (κ1) is 10.5. The topological polar surface area (TPSA) is 88.8 Å². The van der Waals surface area contributed by atoms with Crippen LogP contribution in [-0.4, -0.2) is 26.8 Å². The largest absolute Gasteiger partial charge is 0.409 e. The van der Waals surface area contributed by atoms with Gasteiger partial charge >= 0.3 is 0 Å². The van der Waals surface area contributed by atoms with Gasteiger partial charge in [-0.05, 0) is 6.07 Å². The third-order valence-corrected chi connectivity index (χ3v) is 2.88. The molecule has 1 aliphatic rings. The fourth-order valence-corrected chi connectivity index (χ4v) is 2.04. The average molecular weight is 241 g/mol. The number of fused-ring (bicyclic) bond motifs is 3. The Morgan fingerprint density at radius 2 is 2.22 bits per heavy atom. The van der Waals surface area contributed by atoms with Crippen molar-refractivity contribution in [3.05, 3.63) is 47.5 Å². The van der Waals surface area contributed by atoms with E-state index in [-0.39, 0.29) is 5.84 Å². The highest BCUT2D eigenvalue weighted by molar-refractivity contribution is 5.97. The van der Waals surface area contributed by atoms with Crippen molar-refractivity contribution in [3.8, 4) is 5.69 Å². The quantitative estimate of drug-likeness (QED) is 0.336. The number of para-hydroxylation sites is 1. The summed E-state index contributed by atoms with van der Waals surface area (Å²) in [7, 11) is 0. The Morgan fingerprint density at radius 1 is 1.39 bits per heavy atom. The van der Waals surface area contributed by atoms with E-state index in [1.54, 1.807) is 6.33 Å². The van der Waals surface area contributed by atoms with E-state index in [0.29, 0.717) is 12.2 Å². The fourth-order valence-electron chi connectivity index (χ4n) is 2.04. The highest BCUT2D eigenvalue weighted by Gasteiger charge is 2.18. The van der Waals surface area contributed by atoms with Gasteiger partial charge in [0, 0.05) is 11.8 Å². The number of aromatic nitrogens is 2. The van der Waals surface area contributed by atoms with Crippen LogP contribution in [0.1, 0.15) is 17.0 Å². The van der Waals surface area contributed by atoms with E-state index >= 15 is 0 Å². The van der Waals surface area contributed by atoms with Gasteiger partial charge in [-0.15, -0.1) is 0 Å². The maximum atomic E-state index is 8.75. The molecule has 2 aromatic rings.